The summed E-state index contributed by atoms with van der Waals surface area (Å²) in [5.41, 5.74) is -2.31. The number of imide groups is 1. The molecule has 2 atom stereocenters. The molecule has 220 valence electrons. The van der Waals surface area contributed by atoms with Crippen molar-refractivity contribution < 1.29 is 36.7 Å². The van der Waals surface area contributed by atoms with Crippen molar-refractivity contribution in [2.45, 2.75) is 57.4 Å². The van der Waals surface area contributed by atoms with E-state index in [1.807, 2.05) is 37.3 Å². The van der Waals surface area contributed by atoms with Crippen LogP contribution in [0.3, 0.4) is 0 Å². The summed E-state index contributed by atoms with van der Waals surface area (Å²) in [7, 11) is 1.43. The van der Waals surface area contributed by atoms with Gasteiger partial charge >= 0.3 is 12.2 Å². The summed E-state index contributed by atoms with van der Waals surface area (Å²) in [5, 5.41) is 2.40. The Morgan fingerprint density at radius 2 is 1.59 bits per heavy atom. The molecule has 2 fully saturated rings. The summed E-state index contributed by atoms with van der Waals surface area (Å²) >= 11 is 0. The smallest absolute Gasteiger partial charge is 0.341 e. The van der Waals surface area contributed by atoms with E-state index in [2.05, 4.69) is 5.32 Å². The predicted octanol–water partition coefficient (Wildman–Crippen LogP) is 4.62. The van der Waals surface area contributed by atoms with Crippen molar-refractivity contribution in [3.8, 4) is 0 Å². The Morgan fingerprint density at radius 1 is 0.976 bits per heavy atom. The van der Waals surface area contributed by atoms with Crippen molar-refractivity contribution in [2.24, 2.45) is 5.92 Å². The number of alkyl halides is 3. The first-order chi connectivity index (χ1) is 19.2. The van der Waals surface area contributed by atoms with E-state index >= 15 is 0 Å². The van der Waals surface area contributed by atoms with Gasteiger partial charge in [0.15, 0.2) is 0 Å². The Morgan fingerprint density at radius 3 is 2.15 bits per heavy atom. The van der Waals surface area contributed by atoms with Gasteiger partial charge in [0, 0.05) is 20.1 Å². The van der Waals surface area contributed by atoms with Gasteiger partial charge in [-0.05, 0) is 49.4 Å². The molecule has 1 spiro atoms. The summed E-state index contributed by atoms with van der Waals surface area (Å²) < 4.78 is 53.7. The van der Waals surface area contributed by atoms with Crippen LogP contribution < -0.4 is 5.32 Å². The van der Waals surface area contributed by atoms with E-state index in [4.69, 9.17) is 0 Å². The number of carbonyl (C=O) groups is 4. The second kappa shape index (κ2) is 11.1. The van der Waals surface area contributed by atoms with Gasteiger partial charge in [0.2, 0.25) is 5.91 Å². The zero-order chi connectivity index (χ0) is 30.3. The summed E-state index contributed by atoms with van der Waals surface area (Å²) in [5.74, 6) is -3.64. The maximum Gasteiger partial charge on any atom is 0.416 e. The predicted molar refractivity (Wildman–Crippen MR) is 141 cm³/mol. The monoisotopic (exact) mass is 576 g/mol. The normalized spacial score (nSPS) is 18.7. The summed E-state index contributed by atoms with van der Waals surface area (Å²) in [6, 6.07) is 8.80. The lowest BCUT2D eigenvalue weighted by Gasteiger charge is -2.45. The van der Waals surface area contributed by atoms with Gasteiger partial charge in [0.05, 0.1) is 17.2 Å². The number of amides is 5. The molecule has 1 N–H and O–H groups in total. The molecule has 2 aliphatic rings. The molecule has 12 heteroatoms. The van der Waals surface area contributed by atoms with Crippen LogP contribution in [-0.4, -0.2) is 70.2 Å². The molecule has 2 aromatic rings. The van der Waals surface area contributed by atoms with Crippen LogP contribution in [0.15, 0.2) is 48.5 Å². The van der Waals surface area contributed by atoms with Gasteiger partial charge in [0.25, 0.3) is 11.8 Å². The van der Waals surface area contributed by atoms with Crippen LogP contribution >= 0.6 is 0 Å². The third kappa shape index (κ3) is 5.51. The molecule has 2 heterocycles. The van der Waals surface area contributed by atoms with Crippen molar-refractivity contribution in [1.82, 2.24) is 20.0 Å². The number of likely N-dealkylation sites (tertiary alicyclic amines) is 1. The molecule has 5 amide bonds. The molecule has 2 aliphatic heterocycles. The molecule has 0 aliphatic carbocycles. The van der Waals surface area contributed by atoms with Crippen LogP contribution in [0.5, 0.6) is 0 Å². The Kier molecular flexibility index (Phi) is 8.15. The van der Waals surface area contributed by atoms with E-state index in [1.165, 1.54) is 11.9 Å². The van der Waals surface area contributed by atoms with Crippen molar-refractivity contribution in [3.05, 3.63) is 71.0 Å². The van der Waals surface area contributed by atoms with E-state index in [0.29, 0.717) is 18.2 Å². The average Bonchev–Trinajstić information content (AvgIpc) is 3.11. The lowest BCUT2D eigenvalue weighted by atomic mass is 9.84. The number of likely N-dealkylation sites (N-methyl/N-ethyl adjacent to an activating group) is 1. The minimum Gasteiger partial charge on any atom is -0.341 e. The number of benzene rings is 2. The maximum atomic E-state index is 14.3. The molecule has 2 aromatic carbocycles. The first-order valence-electron chi connectivity index (χ1n) is 13.3. The second-order valence-electron chi connectivity index (χ2n) is 10.8. The highest BCUT2D eigenvalue weighted by atomic mass is 19.4. The Labute approximate surface area is 235 Å². The minimum absolute atomic E-state index is 0.0979. The third-order valence-corrected chi connectivity index (χ3v) is 7.99. The number of hydrogen-bond donors (Lipinski definition) is 1. The largest absolute Gasteiger partial charge is 0.416 e. The SMILES string of the molecule is CC(C)[C@@H](NC(=O)c1cc(C(F)(F)F)ccc1F)C(=O)N1CCC2(CC1)C(=O)N(C)C(=O)N2[C@H](C)c1ccccc1. The molecule has 8 nitrogen and oxygen atoms in total. The van der Waals surface area contributed by atoms with Gasteiger partial charge in [0.1, 0.15) is 17.4 Å². The second-order valence-corrected chi connectivity index (χ2v) is 10.8. The third-order valence-electron chi connectivity index (χ3n) is 7.99. The van der Waals surface area contributed by atoms with Crippen LogP contribution in [-0.2, 0) is 15.8 Å². The number of halogens is 4. The average molecular weight is 577 g/mol. The number of urea groups is 1. The quantitative estimate of drug-likeness (QED) is 0.402. The van der Waals surface area contributed by atoms with Crippen LogP contribution in [0.2, 0.25) is 0 Å². The van der Waals surface area contributed by atoms with Crippen molar-refractivity contribution >= 4 is 23.8 Å². The van der Waals surface area contributed by atoms with Gasteiger partial charge in [-0.3, -0.25) is 19.3 Å². The zero-order valence-corrected chi connectivity index (χ0v) is 23.2. The number of nitrogens with zero attached hydrogens (tertiary/aromatic N) is 3. The van der Waals surface area contributed by atoms with Gasteiger partial charge in [-0.2, -0.15) is 13.2 Å². The van der Waals surface area contributed by atoms with E-state index in [1.54, 1.807) is 18.7 Å². The standard InChI is InChI=1S/C29H32F4N4O4/c1-17(2)23(34-24(38)21-16-20(29(31,32)33)10-11-22(21)30)25(39)36-14-12-28(13-15-36)26(40)35(4)27(41)37(28)18(3)19-8-6-5-7-9-19/h5-11,16-18,23H,12-15H2,1-4H3,(H,34,38)/t18-,23-/m1/s1. The molecule has 0 saturated carbocycles. The topological polar surface area (TPSA) is 90.0 Å². The van der Waals surface area contributed by atoms with Gasteiger partial charge in [-0.25, -0.2) is 9.18 Å². The van der Waals surface area contributed by atoms with Gasteiger partial charge in [-0.1, -0.05) is 44.2 Å². The fraction of sp³-hybridized carbons (Fsp3) is 0.448. The first kappa shape index (κ1) is 30.0. The molecule has 0 aromatic heterocycles. The Hall–Kier alpha value is -3.96. The fourth-order valence-corrected chi connectivity index (χ4v) is 5.62. The van der Waals surface area contributed by atoms with Crippen LogP contribution in [0.25, 0.3) is 0 Å². The van der Waals surface area contributed by atoms with Crippen molar-refractivity contribution in [3.63, 3.8) is 0 Å². The van der Waals surface area contributed by atoms with Gasteiger partial charge < -0.3 is 15.1 Å². The molecular weight excluding hydrogens is 544 g/mol. The maximum absolute atomic E-state index is 14.3. The zero-order valence-electron chi connectivity index (χ0n) is 23.2. The summed E-state index contributed by atoms with van der Waals surface area (Å²) in [6.45, 7) is 5.33. The molecule has 2 saturated heterocycles. The molecule has 4 rings (SSSR count). The number of carbonyl (C=O) groups excluding carboxylic acids is 4. The lowest BCUT2D eigenvalue weighted by molar-refractivity contribution is -0.142. The fourth-order valence-electron chi connectivity index (χ4n) is 5.62. The summed E-state index contributed by atoms with van der Waals surface area (Å²) in [6.07, 6.45) is -4.46. The van der Waals surface area contributed by atoms with E-state index in [9.17, 15) is 36.7 Å². The minimum atomic E-state index is -4.78. The highest BCUT2D eigenvalue weighted by molar-refractivity contribution is 6.07. The van der Waals surface area contributed by atoms with Crippen LogP contribution in [0.1, 0.15) is 61.1 Å². The molecular formula is C29H32F4N4O4. The Bertz CT molecular complexity index is 1340. The highest BCUT2D eigenvalue weighted by Crippen LogP contribution is 2.42. The lowest BCUT2D eigenvalue weighted by Crippen LogP contribution is -2.60. The first-order valence-corrected chi connectivity index (χ1v) is 13.3. The molecule has 0 bridgehead atoms. The van der Waals surface area contributed by atoms with E-state index in [-0.39, 0.29) is 31.8 Å². The molecule has 0 unspecified atom stereocenters. The number of rotatable bonds is 6. The van der Waals surface area contributed by atoms with Crippen molar-refractivity contribution in [2.75, 3.05) is 20.1 Å². The van der Waals surface area contributed by atoms with E-state index < -0.39 is 64.5 Å². The van der Waals surface area contributed by atoms with Crippen LogP contribution in [0.4, 0.5) is 22.4 Å². The number of piperidine rings is 1. The van der Waals surface area contributed by atoms with Crippen LogP contribution in [0, 0.1) is 11.7 Å². The van der Waals surface area contributed by atoms with Gasteiger partial charge in [-0.15, -0.1) is 0 Å². The molecule has 41 heavy (non-hydrogen) atoms. The Balaban J connectivity index is 1.52. The van der Waals surface area contributed by atoms with E-state index in [0.717, 1.165) is 10.5 Å². The number of nitrogens with one attached hydrogen (secondary N) is 1. The summed E-state index contributed by atoms with van der Waals surface area (Å²) in [4.78, 5) is 57.1. The number of hydrogen-bond acceptors (Lipinski definition) is 4. The highest BCUT2D eigenvalue weighted by Gasteiger charge is 2.58. The van der Waals surface area contributed by atoms with Crippen molar-refractivity contribution in [1.29, 1.82) is 0 Å². The molecule has 0 radical (unpaired) electrons.